The van der Waals surface area contributed by atoms with Crippen molar-refractivity contribution in [1.29, 1.82) is 0 Å². The number of nitrogens with zero attached hydrogens (tertiary/aromatic N) is 2. The van der Waals surface area contributed by atoms with Crippen molar-refractivity contribution >= 4 is 12.2 Å². The van der Waals surface area contributed by atoms with Crippen LogP contribution in [-0.4, -0.2) is 53.3 Å². The largest absolute Gasteiger partial charge is 0.450 e. The Morgan fingerprint density at radius 2 is 1.88 bits per heavy atom. The van der Waals surface area contributed by atoms with Gasteiger partial charge in [-0.25, -0.2) is 14.0 Å². The quantitative estimate of drug-likeness (QED) is 0.515. The third-order valence-corrected chi connectivity index (χ3v) is 5.94. The van der Waals surface area contributed by atoms with E-state index in [1.54, 1.807) is 32.6 Å². The van der Waals surface area contributed by atoms with E-state index in [-0.39, 0.29) is 24.8 Å². The Labute approximate surface area is 190 Å². The average Bonchev–Trinajstić information content (AvgIpc) is 3.34. The molecule has 1 saturated heterocycles. The molecule has 1 saturated carbocycles. The highest BCUT2D eigenvalue weighted by atomic mass is 19.4. The van der Waals surface area contributed by atoms with Crippen molar-refractivity contribution in [3.8, 4) is 0 Å². The number of alkyl halides is 3. The third-order valence-electron chi connectivity index (χ3n) is 5.94. The lowest BCUT2D eigenvalue weighted by molar-refractivity contribution is -0.140. The van der Waals surface area contributed by atoms with Crippen LogP contribution in [0.25, 0.3) is 0 Å². The van der Waals surface area contributed by atoms with Gasteiger partial charge in [0.15, 0.2) is 0 Å². The van der Waals surface area contributed by atoms with E-state index in [4.69, 9.17) is 9.47 Å². The summed E-state index contributed by atoms with van der Waals surface area (Å²) in [5, 5.41) is 0. The third kappa shape index (κ3) is 5.52. The van der Waals surface area contributed by atoms with Crippen LogP contribution in [0.3, 0.4) is 0 Å². The molecule has 1 aromatic carbocycles. The maximum atomic E-state index is 13.9. The van der Waals surface area contributed by atoms with Gasteiger partial charge in [0.25, 0.3) is 0 Å². The van der Waals surface area contributed by atoms with Crippen LogP contribution >= 0.6 is 0 Å². The normalized spacial score (nSPS) is 19.9. The summed E-state index contributed by atoms with van der Waals surface area (Å²) in [6, 6.07) is 2.47. The molecular formula is C23H30F4N2O4. The molecule has 0 unspecified atom stereocenters. The second-order valence-corrected chi connectivity index (χ2v) is 9.50. The highest BCUT2D eigenvalue weighted by Gasteiger charge is 2.54. The number of rotatable bonds is 5. The first-order valence-electron chi connectivity index (χ1n) is 11.1. The van der Waals surface area contributed by atoms with Crippen molar-refractivity contribution in [1.82, 2.24) is 9.80 Å². The van der Waals surface area contributed by atoms with Crippen LogP contribution in [0.5, 0.6) is 0 Å². The second kappa shape index (κ2) is 9.02. The number of benzene rings is 1. The van der Waals surface area contributed by atoms with E-state index < -0.39 is 40.9 Å². The lowest BCUT2D eigenvalue weighted by atomic mass is 9.99. The fourth-order valence-corrected chi connectivity index (χ4v) is 4.29. The van der Waals surface area contributed by atoms with Crippen molar-refractivity contribution in [2.24, 2.45) is 0 Å². The second-order valence-electron chi connectivity index (χ2n) is 9.50. The lowest BCUT2D eigenvalue weighted by Crippen LogP contribution is -2.50. The number of hydrogen-bond donors (Lipinski definition) is 0. The summed E-state index contributed by atoms with van der Waals surface area (Å²) < 4.78 is 64.5. The Morgan fingerprint density at radius 3 is 2.42 bits per heavy atom. The first-order chi connectivity index (χ1) is 15.3. The van der Waals surface area contributed by atoms with Crippen LogP contribution in [-0.2, 0) is 21.2 Å². The van der Waals surface area contributed by atoms with Crippen LogP contribution in [0.2, 0.25) is 0 Å². The standard InChI is InChI=1S/C23H30F4N2O4/c1-5-32-20(31)29(14-16-7-6-12-28(16)19(30)33-21(2,3)4)22(10-11-22)15-8-9-18(24)17(13-15)23(25,26)27/h8-9,13,16H,5-7,10-12,14H2,1-4H3/t16-/m1/s1. The minimum atomic E-state index is -4.86. The van der Waals surface area contributed by atoms with Crippen LogP contribution in [0, 0.1) is 5.82 Å². The molecule has 1 aliphatic carbocycles. The molecular weight excluding hydrogens is 444 g/mol. The van der Waals surface area contributed by atoms with Gasteiger partial charge in [-0.2, -0.15) is 13.2 Å². The molecule has 0 radical (unpaired) electrons. The predicted octanol–water partition coefficient (Wildman–Crippen LogP) is 5.69. The van der Waals surface area contributed by atoms with Crippen molar-refractivity contribution in [3.05, 3.63) is 35.1 Å². The summed E-state index contributed by atoms with van der Waals surface area (Å²) in [6.45, 7) is 7.53. The van der Waals surface area contributed by atoms with E-state index >= 15 is 0 Å². The van der Waals surface area contributed by atoms with Gasteiger partial charge in [-0.05, 0) is 71.1 Å². The molecule has 6 nitrogen and oxygen atoms in total. The minimum absolute atomic E-state index is 0.0802. The predicted molar refractivity (Wildman–Crippen MR) is 112 cm³/mol. The van der Waals surface area contributed by atoms with Crippen molar-refractivity contribution in [2.45, 2.75) is 76.7 Å². The van der Waals surface area contributed by atoms with E-state index in [1.165, 1.54) is 11.0 Å². The van der Waals surface area contributed by atoms with Gasteiger partial charge in [-0.1, -0.05) is 6.07 Å². The van der Waals surface area contributed by atoms with Gasteiger partial charge in [0, 0.05) is 13.1 Å². The van der Waals surface area contributed by atoms with E-state index in [9.17, 15) is 27.2 Å². The average molecular weight is 474 g/mol. The van der Waals surface area contributed by atoms with Gasteiger partial charge in [0.2, 0.25) is 0 Å². The first-order valence-corrected chi connectivity index (χ1v) is 11.1. The molecule has 33 heavy (non-hydrogen) atoms. The summed E-state index contributed by atoms with van der Waals surface area (Å²) in [4.78, 5) is 28.6. The number of ether oxygens (including phenoxy) is 2. The molecule has 0 aromatic heterocycles. The highest BCUT2D eigenvalue weighted by molar-refractivity contribution is 5.71. The van der Waals surface area contributed by atoms with Gasteiger partial charge < -0.3 is 14.4 Å². The molecule has 3 rings (SSSR count). The van der Waals surface area contributed by atoms with E-state index in [2.05, 4.69) is 0 Å². The smallest absolute Gasteiger partial charge is 0.419 e. The Bertz CT molecular complexity index is 893. The Hall–Kier alpha value is -2.52. The number of carbonyl (C=O) groups is 2. The summed E-state index contributed by atoms with van der Waals surface area (Å²) in [6.07, 6.45) is -3.89. The zero-order valence-electron chi connectivity index (χ0n) is 19.3. The summed E-state index contributed by atoms with van der Waals surface area (Å²) >= 11 is 0. The number of halogens is 4. The molecule has 10 heteroatoms. The molecule has 2 amide bonds. The maximum absolute atomic E-state index is 13.9. The summed E-state index contributed by atoms with van der Waals surface area (Å²) in [5.74, 6) is -1.36. The Kier molecular flexibility index (Phi) is 6.87. The lowest BCUT2D eigenvalue weighted by Gasteiger charge is -2.36. The van der Waals surface area contributed by atoms with Gasteiger partial charge >= 0.3 is 18.4 Å². The molecule has 1 atom stereocenters. The number of amides is 2. The maximum Gasteiger partial charge on any atom is 0.419 e. The van der Waals surface area contributed by atoms with E-state index in [0.29, 0.717) is 32.2 Å². The number of likely N-dealkylation sites (tertiary alicyclic amines) is 1. The monoisotopic (exact) mass is 474 g/mol. The van der Waals surface area contributed by atoms with Crippen LogP contribution < -0.4 is 0 Å². The van der Waals surface area contributed by atoms with Crippen LogP contribution in [0.1, 0.15) is 64.5 Å². The molecule has 2 fully saturated rings. The van der Waals surface area contributed by atoms with Gasteiger partial charge in [-0.3, -0.25) is 4.90 Å². The number of hydrogen-bond acceptors (Lipinski definition) is 4. The molecule has 1 heterocycles. The van der Waals surface area contributed by atoms with Crippen LogP contribution in [0.15, 0.2) is 18.2 Å². The SMILES string of the molecule is CCOC(=O)N(C[C@H]1CCCN1C(=O)OC(C)(C)C)C1(c2ccc(F)c(C(F)(F)F)c2)CC1. The molecule has 0 N–H and O–H groups in total. The van der Waals surface area contributed by atoms with E-state index in [1.807, 2.05) is 0 Å². The van der Waals surface area contributed by atoms with Crippen molar-refractivity contribution < 1.29 is 36.6 Å². The summed E-state index contributed by atoms with van der Waals surface area (Å²) in [5.41, 5.74) is -2.90. The van der Waals surface area contributed by atoms with Crippen LogP contribution in [0.4, 0.5) is 27.2 Å². The van der Waals surface area contributed by atoms with E-state index in [0.717, 1.165) is 12.1 Å². The fraction of sp³-hybridized carbons (Fsp3) is 0.652. The van der Waals surface area contributed by atoms with Crippen molar-refractivity contribution in [2.75, 3.05) is 19.7 Å². The number of carbonyl (C=O) groups excluding carboxylic acids is 2. The van der Waals surface area contributed by atoms with Gasteiger partial charge in [-0.15, -0.1) is 0 Å². The highest BCUT2D eigenvalue weighted by Crippen LogP contribution is 2.52. The molecule has 2 aliphatic rings. The topological polar surface area (TPSA) is 59.1 Å². The van der Waals surface area contributed by atoms with Gasteiger partial charge in [0.1, 0.15) is 11.4 Å². The zero-order chi connectivity index (χ0) is 24.6. The fourth-order valence-electron chi connectivity index (χ4n) is 4.29. The van der Waals surface area contributed by atoms with Gasteiger partial charge in [0.05, 0.1) is 23.8 Å². The summed E-state index contributed by atoms with van der Waals surface area (Å²) in [7, 11) is 0. The zero-order valence-corrected chi connectivity index (χ0v) is 19.3. The minimum Gasteiger partial charge on any atom is -0.450 e. The molecule has 1 aliphatic heterocycles. The molecule has 0 bridgehead atoms. The van der Waals surface area contributed by atoms with Crippen molar-refractivity contribution in [3.63, 3.8) is 0 Å². The Balaban J connectivity index is 1.91. The molecule has 0 spiro atoms. The molecule has 184 valence electrons. The Morgan fingerprint density at radius 1 is 1.21 bits per heavy atom. The first kappa shape index (κ1) is 25.1. The molecule has 1 aromatic rings.